The average molecular weight is 215 g/mol. The summed E-state index contributed by atoms with van der Waals surface area (Å²) in [6, 6.07) is 1.85. The van der Waals surface area contributed by atoms with Gasteiger partial charge in [0.05, 0.1) is 12.3 Å². The number of ether oxygens (including phenoxy) is 2. The molecule has 0 aliphatic heterocycles. The maximum atomic E-state index is 5.35. The monoisotopic (exact) mass is 215 g/mol. The summed E-state index contributed by atoms with van der Waals surface area (Å²) in [6.07, 6.45) is 3.32. The molecular formula is C11H21NO3. The van der Waals surface area contributed by atoms with Gasteiger partial charge in [0.25, 0.3) is 0 Å². The smallest absolute Gasteiger partial charge is 0.124 e. The van der Waals surface area contributed by atoms with E-state index < -0.39 is 0 Å². The Hall–Kier alpha value is -0.870. The van der Waals surface area contributed by atoms with E-state index in [1.54, 1.807) is 13.4 Å². The van der Waals surface area contributed by atoms with Crippen LogP contribution in [0.3, 0.4) is 0 Å². The third kappa shape index (κ3) is 8.15. The number of hydrogen-bond donors (Lipinski definition) is 0. The summed E-state index contributed by atoms with van der Waals surface area (Å²) < 4.78 is 14.9. The summed E-state index contributed by atoms with van der Waals surface area (Å²) in [4.78, 5) is 0. The maximum absolute atomic E-state index is 5.35. The van der Waals surface area contributed by atoms with Gasteiger partial charge in [0.15, 0.2) is 0 Å². The zero-order valence-electron chi connectivity index (χ0n) is 9.86. The second-order valence-corrected chi connectivity index (χ2v) is 2.70. The second kappa shape index (κ2) is 11.2. The highest BCUT2D eigenvalue weighted by molar-refractivity contribution is 4.94. The van der Waals surface area contributed by atoms with Crippen molar-refractivity contribution in [1.29, 1.82) is 0 Å². The van der Waals surface area contributed by atoms with Crippen LogP contribution in [-0.2, 0) is 15.9 Å². The van der Waals surface area contributed by atoms with E-state index in [1.807, 2.05) is 19.9 Å². The Kier molecular flexibility index (Phi) is 10.6. The van der Waals surface area contributed by atoms with E-state index in [9.17, 15) is 0 Å². The van der Waals surface area contributed by atoms with Crippen molar-refractivity contribution < 1.29 is 14.0 Å². The highest BCUT2D eigenvalue weighted by Crippen LogP contribution is 1.96. The first kappa shape index (κ1) is 14.1. The first-order valence-electron chi connectivity index (χ1n) is 5.39. The fraction of sp³-hybridized carbons (Fsp3) is 0.727. The Morgan fingerprint density at radius 3 is 2.67 bits per heavy atom. The van der Waals surface area contributed by atoms with E-state index in [-0.39, 0.29) is 0 Å². The lowest BCUT2D eigenvalue weighted by Gasteiger charge is -2.01. The molecule has 0 radical (unpaired) electrons. The van der Waals surface area contributed by atoms with Crippen LogP contribution < -0.4 is 0 Å². The number of rotatable bonds is 7. The SMILES string of the molecule is CC.COCCCOCCc1ccon1. The molecule has 0 saturated heterocycles. The van der Waals surface area contributed by atoms with Crippen LogP contribution in [0.4, 0.5) is 0 Å². The maximum Gasteiger partial charge on any atom is 0.124 e. The third-order valence-electron chi connectivity index (χ3n) is 1.63. The predicted molar refractivity (Wildman–Crippen MR) is 58.9 cm³/mol. The van der Waals surface area contributed by atoms with Crippen LogP contribution >= 0.6 is 0 Å². The normalized spacial score (nSPS) is 9.53. The van der Waals surface area contributed by atoms with Gasteiger partial charge in [-0.1, -0.05) is 19.0 Å². The summed E-state index contributed by atoms with van der Waals surface area (Å²) in [5.41, 5.74) is 0.937. The van der Waals surface area contributed by atoms with Gasteiger partial charge in [-0.2, -0.15) is 0 Å². The van der Waals surface area contributed by atoms with Crippen molar-refractivity contribution in [1.82, 2.24) is 5.16 Å². The summed E-state index contributed by atoms with van der Waals surface area (Å²) >= 11 is 0. The molecule has 0 unspecified atom stereocenters. The van der Waals surface area contributed by atoms with Crippen molar-refractivity contribution in [3.05, 3.63) is 18.0 Å². The van der Waals surface area contributed by atoms with Gasteiger partial charge in [-0.15, -0.1) is 0 Å². The van der Waals surface area contributed by atoms with E-state index in [0.717, 1.165) is 31.7 Å². The minimum absolute atomic E-state index is 0.691. The zero-order chi connectivity index (χ0) is 11.4. The lowest BCUT2D eigenvalue weighted by atomic mass is 10.3. The largest absolute Gasteiger partial charge is 0.385 e. The number of nitrogens with zero attached hydrogens (tertiary/aromatic N) is 1. The minimum Gasteiger partial charge on any atom is -0.385 e. The Morgan fingerprint density at radius 2 is 2.07 bits per heavy atom. The van der Waals surface area contributed by atoms with Crippen LogP contribution in [0.1, 0.15) is 26.0 Å². The number of methoxy groups -OCH3 is 1. The molecule has 1 heterocycles. The quantitative estimate of drug-likeness (QED) is 0.655. The van der Waals surface area contributed by atoms with Crippen LogP contribution in [0.25, 0.3) is 0 Å². The van der Waals surface area contributed by atoms with Crippen LogP contribution in [-0.4, -0.2) is 32.1 Å². The molecule has 0 atom stereocenters. The van der Waals surface area contributed by atoms with E-state index in [2.05, 4.69) is 9.68 Å². The van der Waals surface area contributed by atoms with Crippen LogP contribution in [0.15, 0.2) is 16.9 Å². The highest BCUT2D eigenvalue weighted by atomic mass is 16.5. The Balaban J connectivity index is 0.000000921. The van der Waals surface area contributed by atoms with Gasteiger partial charge in [-0.25, -0.2) is 0 Å². The predicted octanol–water partition coefficient (Wildman–Crippen LogP) is 2.30. The molecular weight excluding hydrogens is 194 g/mol. The van der Waals surface area contributed by atoms with E-state index >= 15 is 0 Å². The molecule has 1 aromatic heterocycles. The highest BCUT2D eigenvalue weighted by Gasteiger charge is 1.95. The fourth-order valence-electron chi connectivity index (χ4n) is 0.951. The minimum atomic E-state index is 0.691. The van der Waals surface area contributed by atoms with E-state index in [1.165, 1.54) is 0 Å². The number of hydrogen-bond acceptors (Lipinski definition) is 4. The van der Waals surface area contributed by atoms with Crippen molar-refractivity contribution in [2.75, 3.05) is 26.9 Å². The molecule has 0 aliphatic carbocycles. The average Bonchev–Trinajstić information content (AvgIpc) is 2.79. The molecule has 0 N–H and O–H groups in total. The molecule has 0 amide bonds. The zero-order valence-corrected chi connectivity index (χ0v) is 9.86. The van der Waals surface area contributed by atoms with Crippen LogP contribution in [0.5, 0.6) is 0 Å². The van der Waals surface area contributed by atoms with Gasteiger partial charge in [0, 0.05) is 32.8 Å². The summed E-state index contributed by atoms with van der Waals surface area (Å²) in [6.45, 7) is 6.19. The summed E-state index contributed by atoms with van der Waals surface area (Å²) in [5.74, 6) is 0. The molecule has 0 saturated carbocycles. The van der Waals surface area contributed by atoms with Crippen molar-refractivity contribution in [2.24, 2.45) is 0 Å². The van der Waals surface area contributed by atoms with Gasteiger partial charge < -0.3 is 14.0 Å². The Bertz CT molecular complexity index is 200. The third-order valence-corrected chi connectivity index (χ3v) is 1.63. The van der Waals surface area contributed by atoms with Gasteiger partial charge in [0.1, 0.15) is 6.26 Å². The first-order chi connectivity index (χ1) is 7.43. The Labute approximate surface area is 91.5 Å². The van der Waals surface area contributed by atoms with Crippen molar-refractivity contribution in [3.8, 4) is 0 Å². The summed E-state index contributed by atoms with van der Waals surface area (Å²) in [7, 11) is 1.69. The molecule has 0 aliphatic rings. The molecule has 0 aromatic carbocycles. The second-order valence-electron chi connectivity index (χ2n) is 2.70. The van der Waals surface area contributed by atoms with Gasteiger partial charge in [-0.3, -0.25) is 0 Å². The standard InChI is InChI=1S/C9H15NO3.C2H6/c1-11-5-2-6-12-7-3-9-4-8-13-10-9;1-2/h4,8H,2-3,5-7H2,1H3;1-2H3. The molecule has 0 fully saturated rings. The molecule has 0 bridgehead atoms. The van der Waals surface area contributed by atoms with E-state index in [4.69, 9.17) is 9.47 Å². The molecule has 88 valence electrons. The number of aromatic nitrogens is 1. The fourth-order valence-corrected chi connectivity index (χ4v) is 0.951. The van der Waals surface area contributed by atoms with Crippen LogP contribution in [0, 0.1) is 0 Å². The lowest BCUT2D eigenvalue weighted by Crippen LogP contribution is -2.02. The Morgan fingerprint density at radius 1 is 1.27 bits per heavy atom. The topological polar surface area (TPSA) is 44.5 Å². The molecule has 0 spiro atoms. The van der Waals surface area contributed by atoms with Gasteiger partial charge in [-0.05, 0) is 6.42 Å². The summed E-state index contributed by atoms with van der Waals surface area (Å²) in [5, 5.41) is 3.77. The molecule has 1 aromatic rings. The van der Waals surface area contributed by atoms with Crippen molar-refractivity contribution >= 4 is 0 Å². The molecule has 4 heteroatoms. The van der Waals surface area contributed by atoms with Crippen LogP contribution in [0.2, 0.25) is 0 Å². The lowest BCUT2D eigenvalue weighted by molar-refractivity contribution is 0.104. The molecule has 1 rings (SSSR count). The van der Waals surface area contributed by atoms with Crippen molar-refractivity contribution in [2.45, 2.75) is 26.7 Å². The van der Waals surface area contributed by atoms with E-state index in [0.29, 0.717) is 6.61 Å². The van der Waals surface area contributed by atoms with Gasteiger partial charge >= 0.3 is 0 Å². The molecule has 4 nitrogen and oxygen atoms in total. The van der Waals surface area contributed by atoms with Crippen molar-refractivity contribution in [3.63, 3.8) is 0 Å². The first-order valence-corrected chi connectivity index (χ1v) is 5.39. The molecule has 15 heavy (non-hydrogen) atoms. The van der Waals surface area contributed by atoms with Gasteiger partial charge in [0.2, 0.25) is 0 Å².